The summed E-state index contributed by atoms with van der Waals surface area (Å²) >= 11 is 0. The Balaban J connectivity index is 2.86. The number of hydrogen-bond acceptors (Lipinski definition) is 3. The number of nitrogens with zero attached hydrogens (tertiary/aromatic N) is 1. The highest BCUT2D eigenvalue weighted by atomic mass is 16.3. The summed E-state index contributed by atoms with van der Waals surface area (Å²) in [6, 6.07) is -0.107. The maximum absolute atomic E-state index is 11.7. The van der Waals surface area contributed by atoms with Gasteiger partial charge in [0.25, 0.3) is 5.56 Å². The van der Waals surface area contributed by atoms with E-state index in [-0.39, 0.29) is 17.5 Å². The molecule has 0 amide bonds. The summed E-state index contributed by atoms with van der Waals surface area (Å²) in [6.07, 6.45) is 5.30. The van der Waals surface area contributed by atoms with Gasteiger partial charge in [-0.15, -0.1) is 0 Å². The predicted molar refractivity (Wildman–Crippen MR) is 71.2 cm³/mol. The van der Waals surface area contributed by atoms with Crippen LogP contribution in [0.1, 0.15) is 57.6 Å². The standard InChI is InChI=1S/C13H22N2O3/c1-4-5-6-7-8-9(2)15-12(17)10(3)11(16)14-13(15)18/h9,17H,4-8H2,1-3H3,(H,14,16,18). The first-order valence-electron chi connectivity index (χ1n) is 6.53. The minimum Gasteiger partial charge on any atom is -0.494 e. The van der Waals surface area contributed by atoms with Crippen LogP contribution >= 0.6 is 0 Å². The zero-order valence-corrected chi connectivity index (χ0v) is 11.3. The zero-order chi connectivity index (χ0) is 13.7. The van der Waals surface area contributed by atoms with Crippen molar-refractivity contribution in [2.24, 2.45) is 0 Å². The lowest BCUT2D eigenvalue weighted by molar-refractivity contribution is 0.352. The number of H-pyrrole nitrogens is 1. The molecule has 0 aromatic carbocycles. The van der Waals surface area contributed by atoms with Gasteiger partial charge in [0.1, 0.15) is 0 Å². The number of aromatic hydroxyl groups is 1. The minimum absolute atomic E-state index is 0.107. The Morgan fingerprint density at radius 2 is 1.94 bits per heavy atom. The van der Waals surface area contributed by atoms with Crippen LogP contribution < -0.4 is 11.2 Å². The number of rotatable bonds is 6. The van der Waals surface area contributed by atoms with Crippen molar-refractivity contribution in [3.05, 3.63) is 26.4 Å². The molecule has 0 aliphatic carbocycles. The Morgan fingerprint density at radius 1 is 1.28 bits per heavy atom. The Kier molecular flexibility index (Phi) is 5.19. The predicted octanol–water partition coefficient (Wildman–Crippen LogP) is 2.08. The molecule has 0 aliphatic heterocycles. The second-order valence-corrected chi connectivity index (χ2v) is 4.78. The highest BCUT2D eigenvalue weighted by Gasteiger charge is 2.15. The van der Waals surface area contributed by atoms with Crippen LogP contribution in [0.2, 0.25) is 0 Å². The molecule has 0 fully saturated rings. The van der Waals surface area contributed by atoms with Crippen molar-refractivity contribution in [1.29, 1.82) is 0 Å². The zero-order valence-electron chi connectivity index (χ0n) is 11.3. The van der Waals surface area contributed by atoms with E-state index in [1.165, 1.54) is 17.9 Å². The van der Waals surface area contributed by atoms with Crippen LogP contribution in [-0.2, 0) is 0 Å². The first kappa shape index (κ1) is 14.5. The monoisotopic (exact) mass is 254 g/mol. The third-order valence-corrected chi connectivity index (χ3v) is 3.26. The van der Waals surface area contributed by atoms with Gasteiger partial charge in [-0.1, -0.05) is 32.6 Å². The Labute approximate surface area is 106 Å². The van der Waals surface area contributed by atoms with E-state index in [1.54, 1.807) is 0 Å². The highest BCUT2D eigenvalue weighted by molar-refractivity contribution is 5.20. The summed E-state index contributed by atoms with van der Waals surface area (Å²) < 4.78 is 1.27. The van der Waals surface area contributed by atoms with Crippen molar-refractivity contribution < 1.29 is 5.11 Å². The lowest BCUT2D eigenvalue weighted by Gasteiger charge is -2.17. The van der Waals surface area contributed by atoms with E-state index in [0.29, 0.717) is 0 Å². The van der Waals surface area contributed by atoms with Crippen molar-refractivity contribution in [1.82, 2.24) is 9.55 Å². The number of nitrogens with one attached hydrogen (secondary N) is 1. The number of unbranched alkanes of at least 4 members (excludes halogenated alkanes) is 3. The summed E-state index contributed by atoms with van der Waals surface area (Å²) in [5, 5.41) is 9.88. The van der Waals surface area contributed by atoms with E-state index in [1.807, 2.05) is 6.92 Å². The lowest BCUT2D eigenvalue weighted by atomic mass is 10.1. The molecule has 0 aliphatic rings. The Hall–Kier alpha value is -1.52. The van der Waals surface area contributed by atoms with Crippen LogP contribution in [0.3, 0.4) is 0 Å². The molecule has 1 rings (SSSR count). The third kappa shape index (κ3) is 3.24. The molecule has 1 heterocycles. The second kappa shape index (κ2) is 6.42. The molecule has 1 aromatic heterocycles. The quantitative estimate of drug-likeness (QED) is 0.763. The second-order valence-electron chi connectivity index (χ2n) is 4.78. The summed E-state index contributed by atoms with van der Waals surface area (Å²) in [4.78, 5) is 25.2. The summed E-state index contributed by atoms with van der Waals surface area (Å²) in [6.45, 7) is 5.53. The van der Waals surface area contributed by atoms with Crippen molar-refractivity contribution in [2.75, 3.05) is 0 Å². The lowest BCUT2D eigenvalue weighted by Crippen LogP contribution is -2.33. The average molecular weight is 254 g/mol. The van der Waals surface area contributed by atoms with Gasteiger partial charge in [0, 0.05) is 6.04 Å². The maximum Gasteiger partial charge on any atom is 0.331 e. The van der Waals surface area contributed by atoms with Gasteiger partial charge in [-0.05, 0) is 20.3 Å². The number of aromatic amines is 1. The fourth-order valence-corrected chi connectivity index (χ4v) is 2.03. The van der Waals surface area contributed by atoms with Crippen molar-refractivity contribution in [3.8, 4) is 5.88 Å². The van der Waals surface area contributed by atoms with E-state index in [9.17, 15) is 14.7 Å². The van der Waals surface area contributed by atoms with E-state index >= 15 is 0 Å². The van der Waals surface area contributed by atoms with Gasteiger partial charge < -0.3 is 5.11 Å². The van der Waals surface area contributed by atoms with Gasteiger partial charge in [-0.2, -0.15) is 0 Å². The molecule has 1 aromatic rings. The van der Waals surface area contributed by atoms with Crippen molar-refractivity contribution in [3.63, 3.8) is 0 Å². The molecule has 5 nitrogen and oxygen atoms in total. The average Bonchev–Trinajstić information content (AvgIpc) is 2.32. The van der Waals surface area contributed by atoms with Crippen LogP contribution in [0.15, 0.2) is 9.59 Å². The van der Waals surface area contributed by atoms with Crippen LogP contribution in [-0.4, -0.2) is 14.7 Å². The van der Waals surface area contributed by atoms with Gasteiger partial charge in [-0.25, -0.2) is 4.79 Å². The van der Waals surface area contributed by atoms with Crippen LogP contribution in [0.5, 0.6) is 5.88 Å². The SMILES string of the molecule is CCCCCCC(C)n1c(O)c(C)c(=O)[nH]c1=O. The van der Waals surface area contributed by atoms with Gasteiger partial charge in [0.2, 0.25) is 5.88 Å². The molecule has 1 atom stereocenters. The molecule has 0 saturated heterocycles. The highest BCUT2D eigenvalue weighted by Crippen LogP contribution is 2.19. The van der Waals surface area contributed by atoms with E-state index in [2.05, 4.69) is 11.9 Å². The summed E-state index contributed by atoms with van der Waals surface area (Å²) in [7, 11) is 0. The smallest absolute Gasteiger partial charge is 0.331 e. The molecule has 2 N–H and O–H groups in total. The summed E-state index contributed by atoms with van der Waals surface area (Å²) in [5.74, 6) is -0.216. The van der Waals surface area contributed by atoms with Crippen molar-refractivity contribution in [2.45, 2.75) is 58.9 Å². The van der Waals surface area contributed by atoms with Crippen LogP contribution in [0, 0.1) is 6.92 Å². The van der Waals surface area contributed by atoms with Gasteiger partial charge in [0.05, 0.1) is 5.56 Å². The molecular formula is C13H22N2O3. The fraction of sp³-hybridized carbons (Fsp3) is 0.692. The van der Waals surface area contributed by atoms with Crippen LogP contribution in [0.25, 0.3) is 0 Å². The molecule has 18 heavy (non-hydrogen) atoms. The molecule has 0 bridgehead atoms. The van der Waals surface area contributed by atoms with E-state index < -0.39 is 11.2 Å². The Bertz CT molecular complexity index is 502. The minimum atomic E-state index is -0.536. The molecule has 5 heteroatoms. The van der Waals surface area contributed by atoms with E-state index in [4.69, 9.17) is 0 Å². The molecule has 102 valence electrons. The topological polar surface area (TPSA) is 75.1 Å². The first-order chi connectivity index (χ1) is 8.49. The van der Waals surface area contributed by atoms with Crippen LogP contribution in [0.4, 0.5) is 0 Å². The molecule has 0 saturated carbocycles. The van der Waals surface area contributed by atoms with Crippen molar-refractivity contribution >= 4 is 0 Å². The van der Waals surface area contributed by atoms with Gasteiger partial charge >= 0.3 is 5.69 Å². The molecule has 1 unspecified atom stereocenters. The largest absolute Gasteiger partial charge is 0.494 e. The van der Waals surface area contributed by atoms with E-state index in [0.717, 1.165) is 25.7 Å². The Morgan fingerprint density at radius 3 is 2.56 bits per heavy atom. The third-order valence-electron chi connectivity index (χ3n) is 3.26. The number of aromatic nitrogens is 2. The van der Waals surface area contributed by atoms with Gasteiger partial charge in [0.15, 0.2) is 0 Å². The summed E-state index contributed by atoms with van der Waals surface area (Å²) in [5.41, 5.74) is -0.868. The molecule has 0 radical (unpaired) electrons. The molecular weight excluding hydrogens is 232 g/mol. The van der Waals surface area contributed by atoms with Gasteiger partial charge in [-0.3, -0.25) is 14.3 Å². The molecule has 0 spiro atoms. The maximum atomic E-state index is 11.7. The normalized spacial score (nSPS) is 12.6. The number of hydrogen-bond donors (Lipinski definition) is 2. The fourth-order valence-electron chi connectivity index (χ4n) is 2.03. The first-order valence-corrected chi connectivity index (χ1v) is 6.53.